The van der Waals surface area contributed by atoms with Gasteiger partial charge in [0.25, 0.3) is 0 Å². The SMILES string of the molecule is CCNC(=NCC(C)(O)c1cnn(C)c1)NCCN1c2ccccc2CC1C.I. The van der Waals surface area contributed by atoms with Crippen LogP contribution in [0.2, 0.25) is 0 Å². The summed E-state index contributed by atoms with van der Waals surface area (Å²) in [6.07, 6.45) is 4.60. The molecule has 0 fully saturated rings. The molecule has 8 heteroatoms. The van der Waals surface area contributed by atoms with Crippen LogP contribution in [0.3, 0.4) is 0 Å². The molecular formula is C21H33IN6O. The number of aliphatic imine (C=N–C) groups is 1. The zero-order chi connectivity index (χ0) is 20.1. The summed E-state index contributed by atoms with van der Waals surface area (Å²) in [5.41, 5.74) is 2.46. The molecule has 0 spiro atoms. The van der Waals surface area contributed by atoms with Gasteiger partial charge in [-0.25, -0.2) is 4.99 Å². The minimum absolute atomic E-state index is 0. The second-order valence-corrected chi connectivity index (χ2v) is 7.67. The summed E-state index contributed by atoms with van der Waals surface area (Å²) in [7, 11) is 1.84. The van der Waals surface area contributed by atoms with E-state index in [2.05, 4.69) is 56.8 Å². The lowest BCUT2D eigenvalue weighted by molar-refractivity contribution is 0.0672. The number of aryl methyl sites for hydroxylation is 1. The van der Waals surface area contributed by atoms with Crippen molar-refractivity contribution in [2.45, 2.75) is 38.8 Å². The second kappa shape index (κ2) is 10.3. The molecule has 3 rings (SSSR count). The lowest BCUT2D eigenvalue weighted by atomic mass is 10.0. The summed E-state index contributed by atoms with van der Waals surface area (Å²) in [6.45, 7) is 8.78. The van der Waals surface area contributed by atoms with E-state index in [0.29, 0.717) is 12.0 Å². The van der Waals surface area contributed by atoms with E-state index in [1.54, 1.807) is 17.8 Å². The Morgan fingerprint density at radius 3 is 2.79 bits per heavy atom. The monoisotopic (exact) mass is 512 g/mol. The van der Waals surface area contributed by atoms with Crippen LogP contribution in [0.15, 0.2) is 41.7 Å². The maximum atomic E-state index is 10.7. The fourth-order valence-electron chi connectivity index (χ4n) is 3.63. The van der Waals surface area contributed by atoms with Gasteiger partial charge in [-0.05, 0) is 38.8 Å². The van der Waals surface area contributed by atoms with Crippen molar-refractivity contribution in [3.8, 4) is 0 Å². The van der Waals surface area contributed by atoms with Crippen LogP contribution < -0.4 is 15.5 Å². The number of nitrogens with zero attached hydrogens (tertiary/aromatic N) is 4. The molecule has 0 aliphatic carbocycles. The van der Waals surface area contributed by atoms with E-state index in [-0.39, 0.29) is 30.5 Å². The van der Waals surface area contributed by atoms with Gasteiger partial charge in [-0.1, -0.05) is 18.2 Å². The number of fused-ring (bicyclic) bond motifs is 1. The van der Waals surface area contributed by atoms with Crippen molar-refractivity contribution in [3.63, 3.8) is 0 Å². The number of halogens is 1. The third-order valence-corrected chi connectivity index (χ3v) is 5.21. The lowest BCUT2D eigenvalue weighted by Gasteiger charge is -2.26. The zero-order valence-corrected chi connectivity index (χ0v) is 20.1. The predicted octanol–water partition coefficient (Wildman–Crippen LogP) is 2.25. The Bertz CT molecular complexity index is 819. The topological polar surface area (TPSA) is 77.7 Å². The zero-order valence-electron chi connectivity index (χ0n) is 17.7. The van der Waals surface area contributed by atoms with Crippen molar-refractivity contribution in [3.05, 3.63) is 47.8 Å². The van der Waals surface area contributed by atoms with Crippen LogP contribution in [0.25, 0.3) is 0 Å². The number of para-hydroxylation sites is 1. The quantitative estimate of drug-likeness (QED) is 0.302. The van der Waals surface area contributed by atoms with Crippen LogP contribution in [0.1, 0.15) is 31.9 Å². The fourth-order valence-corrected chi connectivity index (χ4v) is 3.63. The van der Waals surface area contributed by atoms with Gasteiger partial charge in [-0.3, -0.25) is 4.68 Å². The van der Waals surface area contributed by atoms with Crippen LogP contribution in [-0.2, 0) is 19.1 Å². The Labute approximate surface area is 190 Å². The third-order valence-electron chi connectivity index (χ3n) is 5.21. The number of aromatic nitrogens is 2. The molecule has 3 N–H and O–H groups in total. The first-order chi connectivity index (χ1) is 13.4. The smallest absolute Gasteiger partial charge is 0.191 e. The molecule has 0 bridgehead atoms. The van der Waals surface area contributed by atoms with Crippen molar-refractivity contribution in [2.24, 2.45) is 12.0 Å². The van der Waals surface area contributed by atoms with Gasteiger partial charge < -0.3 is 20.6 Å². The van der Waals surface area contributed by atoms with Gasteiger partial charge in [0.05, 0.1) is 12.7 Å². The summed E-state index contributed by atoms with van der Waals surface area (Å²) in [6, 6.07) is 9.12. The van der Waals surface area contributed by atoms with E-state index >= 15 is 0 Å². The Morgan fingerprint density at radius 1 is 1.34 bits per heavy atom. The van der Waals surface area contributed by atoms with E-state index in [0.717, 1.165) is 31.6 Å². The van der Waals surface area contributed by atoms with E-state index < -0.39 is 5.60 Å². The highest BCUT2D eigenvalue weighted by molar-refractivity contribution is 14.0. The maximum Gasteiger partial charge on any atom is 0.191 e. The van der Waals surface area contributed by atoms with E-state index in [1.807, 2.05) is 20.2 Å². The molecular weight excluding hydrogens is 479 g/mol. The summed E-state index contributed by atoms with van der Waals surface area (Å²) < 4.78 is 1.69. The molecule has 0 amide bonds. The first kappa shape index (κ1) is 23.5. The summed E-state index contributed by atoms with van der Waals surface area (Å²) in [4.78, 5) is 7.03. The van der Waals surface area contributed by atoms with Crippen molar-refractivity contribution in [2.75, 3.05) is 31.1 Å². The van der Waals surface area contributed by atoms with Gasteiger partial charge >= 0.3 is 0 Å². The Balaban J connectivity index is 0.00000300. The number of aliphatic hydroxyl groups is 1. The highest BCUT2D eigenvalue weighted by atomic mass is 127. The largest absolute Gasteiger partial charge is 0.383 e. The molecule has 160 valence electrons. The molecule has 0 radical (unpaired) electrons. The first-order valence-electron chi connectivity index (χ1n) is 9.99. The van der Waals surface area contributed by atoms with E-state index in [4.69, 9.17) is 0 Å². The van der Waals surface area contributed by atoms with Crippen molar-refractivity contribution in [1.29, 1.82) is 0 Å². The molecule has 1 aliphatic rings. The predicted molar refractivity (Wildman–Crippen MR) is 129 cm³/mol. The Hall–Kier alpha value is -1.81. The normalized spacial score (nSPS) is 18.0. The number of nitrogens with one attached hydrogen (secondary N) is 2. The molecule has 1 aromatic carbocycles. The van der Waals surface area contributed by atoms with Gasteiger partial charge in [0.15, 0.2) is 5.96 Å². The van der Waals surface area contributed by atoms with Gasteiger partial charge in [-0.15, -0.1) is 24.0 Å². The first-order valence-corrected chi connectivity index (χ1v) is 9.99. The molecule has 29 heavy (non-hydrogen) atoms. The standard InChI is InChI=1S/C21H32N6O.HI/c1-5-22-20(24-15-21(3,28)18-13-25-26(4)14-18)23-10-11-27-16(2)12-17-8-6-7-9-19(17)27;/h6-9,13-14,16,28H,5,10-12,15H2,1-4H3,(H2,22,23,24);1H. The highest BCUT2D eigenvalue weighted by Crippen LogP contribution is 2.31. The number of benzene rings is 1. The Kier molecular flexibility index (Phi) is 8.33. The summed E-state index contributed by atoms with van der Waals surface area (Å²) in [5, 5.41) is 21.5. The average molecular weight is 512 g/mol. The minimum Gasteiger partial charge on any atom is -0.383 e. The summed E-state index contributed by atoms with van der Waals surface area (Å²) >= 11 is 0. The van der Waals surface area contributed by atoms with Crippen molar-refractivity contribution < 1.29 is 5.11 Å². The van der Waals surface area contributed by atoms with E-state index in [1.165, 1.54) is 11.3 Å². The number of hydrogen-bond donors (Lipinski definition) is 3. The number of anilines is 1. The molecule has 7 nitrogen and oxygen atoms in total. The molecule has 1 aromatic heterocycles. The second-order valence-electron chi connectivity index (χ2n) is 7.67. The van der Waals surface area contributed by atoms with Crippen LogP contribution >= 0.6 is 24.0 Å². The molecule has 0 saturated heterocycles. The molecule has 2 atom stereocenters. The van der Waals surface area contributed by atoms with Crippen LogP contribution in [-0.4, -0.2) is 53.1 Å². The van der Waals surface area contributed by atoms with Crippen LogP contribution in [0.5, 0.6) is 0 Å². The minimum atomic E-state index is -1.06. The average Bonchev–Trinajstić information content (AvgIpc) is 3.23. The van der Waals surface area contributed by atoms with Crippen LogP contribution in [0, 0.1) is 0 Å². The maximum absolute atomic E-state index is 10.7. The summed E-state index contributed by atoms with van der Waals surface area (Å²) in [5.74, 6) is 0.715. The third kappa shape index (κ3) is 5.85. The molecule has 0 saturated carbocycles. The fraction of sp³-hybridized carbons (Fsp3) is 0.524. The van der Waals surface area contributed by atoms with Gasteiger partial charge in [0, 0.05) is 50.2 Å². The molecule has 2 unspecified atom stereocenters. The highest BCUT2D eigenvalue weighted by Gasteiger charge is 2.26. The molecule has 2 aromatic rings. The number of hydrogen-bond acceptors (Lipinski definition) is 4. The number of rotatable bonds is 7. The number of guanidine groups is 1. The lowest BCUT2D eigenvalue weighted by Crippen LogP contribution is -2.43. The van der Waals surface area contributed by atoms with Crippen molar-refractivity contribution in [1.82, 2.24) is 20.4 Å². The van der Waals surface area contributed by atoms with Gasteiger partial charge in [0.2, 0.25) is 0 Å². The molecule has 1 aliphatic heterocycles. The Morgan fingerprint density at radius 2 is 2.10 bits per heavy atom. The van der Waals surface area contributed by atoms with E-state index in [9.17, 15) is 5.11 Å². The molecule has 2 heterocycles. The van der Waals surface area contributed by atoms with Gasteiger partial charge in [0.1, 0.15) is 5.60 Å². The van der Waals surface area contributed by atoms with Crippen LogP contribution in [0.4, 0.5) is 5.69 Å². The van der Waals surface area contributed by atoms with Crippen molar-refractivity contribution >= 4 is 35.6 Å². The van der Waals surface area contributed by atoms with Gasteiger partial charge in [-0.2, -0.15) is 5.10 Å².